The van der Waals surface area contributed by atoms with Crippen molar-refractivity contribution in [2.75, 3.05) is 20.8 Å². The van der Waals surface area contributed by atoms with Crippen molar-refractivity contribution in [3.63, 3.8) is 0 Å². The molecule has 1 aromatic carbocycles. The Balaban J connectivity index is 2.30. The molecule has 0 saturated carbocycles. The molecule has 0 bridgehead atoms. The Morgan fingerprint density at radius 3 is 2.57 bits per heavy atom. The van der Waals surface area contributed by atoms with Gasteiger partial charge in [0.05, 0.1) is 13.2 Å². The maximum atomic E-state index is 11.8. The van der Waals surface area contributed by atoms with Gasteiger partial charge in [-0.2, -0.15) is 0 Å². The van der Waals surface area contributed by atoms with Gasteiger partial charge in [0, 0.05) is 13.0 Å². The standard InChI is InChI=1S/C17H27NO3/c1-14(13-17(2,18-3)16(19)20-4)21-12-8-11-15-9-6-5-7-10-15/h5-7,9-10,14,18H,8,11-13H2,1-4H3. The Hall–Kier alpha value is -1.39. The molecule has 1 N–H and O–H groups in total. The highest BCUT2D eigenvalue weighted by atomic mass is 16.5. The van der Waals surface area contributed by atoms with E-state index < -0.39 is 5.54 Å². The molecular formula is C17H27NO3. The van der Waals surface area contributed by atoms with Crippen molar-refractivity contribution in [3.8, 4) is 0 Å². The molecule has 1 rings (SSSR count). The smallest absolute Gasteiger partial charge is 0.325 e. The number of benzene rings is 1. The minimum atomic E-state index is -0.701. The number of hydrogen-bond donors (Lipinski definition) is 1. The molecule has 0 fully saturated rings. The Morgan fingerprint density at radius 2 is 2.00 bits per heavy atom. The molecule has 4 nitrogen and oxygen atoms in total. The zero-order chi connectivity index (χ0) is 15.7. The summed E-state index contributed by atoms with van der Waals surface area (Å²) in [5, 5.41) is 3.02. The molecule has 0 aliphatic carbocycles. The molecule has 0 aromatic heterocycles. The average molecular weight is 293 g/mol. The van der Waals surface area contributed by atoms with Crippen LogP contribution in [0.25, 0.3) is 0 Å². The van der Waals surface area contributed by atoms with E-state index in [2.05, 4.69) is 17.4 Å². The van der Waals surface area contributed by atoms with E-state index in [1.807, 2.05) is 32.0 Å². The van der Waals surface area contributed by atoms with Gasteiger partial charge in [0.2, 0.25) is 0 Å². The highest BCUT2D eigenvalue weighted by Crippen LogP contribution is 2.16. The van der Waals surface area contributed by atoms with E-state index in [1.165, 1.54) is 12.7 Å². The summed E-state index contributed by atoms with van der Waals surface area (Å²) in [5.74, 6) is -0.260. The predicted octanol–water partition coefficient (Wildman–Crippen LogP) is 2.57. The summed E-state index contributed by atoms with van der Waals surface area (Å²) in [5.41, 5.74) is 0.622. The minimum absolute atomic E-state index is 0.00248. The van der Waals surface area contributed by atoms with Crippen molar-refractivity contribution in [2.24, 2.45) is 0 Å². The number of likely N-dealkylation sites (N-methyl/N-ethyl adjacent to an activating group) is 1. The van der Waals surface area contributed by atoms with Gasteiger partial charge < -0.3 is 14.8 Å². The topological polar surface area (TPSA) is 47.6 Å². The van der Waals surface area contributed by atoms with Gasteiger partial charge >= 0.3 is 5.97 Å². The summed E-state index contributed by atoms with van der Waals surface area (Å²) in [4.78, 5) is 11.8. The maximum absolute atomic E-state index is 11.8. The molecule has 21 heavy (non-hydrogen) atoms. The van der Waals surface area contributed by atoms with Crippen LogP contribution in [0.2, 0.25) is 0 Å². The summed E-state index contributed by atoms with van der Waals surface area (Å²) in [7, 11) is 3.17. The normalized spacial score (nSPS) is 15.2. The van der Waals surface area contributed by atoms with Crippen molar-refractivity contribution in [1.29, 1.82) is 0 Å². The van der Waals surface area contributed by atoms with Crippen LogP contribution in [0.15, 0.2) is 30.3 Å². The lowest BCUT2D eigenvalue weighted by Gasteiger charge is -2.29. The van der Waals surface area contributed by atoms with E-state index in [1.54, 1.807) is 7.05 Å². The number of esters is 1. The number of carbonyl (C=O) groups is 1. The summed E-state index contributed by atoms with van der Waals surface area (Å²) in [6, 6.07) is 10.4. The van der Waals surface area contributed by atoms with Gasteiger partial charge in [-0.3, -0.25) is 4.79 Å². The molecule has 0 amide bonds. The predicted molar refractivity (Wildman–Crippen MR) is 84.3 cm³/mol. The molecule has 118 valence electrons. The number of aryl methyl sites for hydroxylation is 1. The number of ether oxygens (including phenoxy) is 2. The summed E-state index contributed by atoms with van der Waals surface area (Å²) in [6.45, 7) is 4.51. The van der Waals surface area contributed by atoms with Crippen molar-refractivity contribution >= 4 is 5.97 Å². The van der Waals surface area contributed by atoms with Crippen LogP contribution in [0.5, 0.6) is 0 Å². The quantitative estimate of drug-likeness (QED) is 0.561. The van der Waals surface area contributed by atoms with E-state index in [4.69, 9.17) is 9.47 Å². The van der Waals surface area contributed by atoms with Crippen LogP contribution in [0.3, 0.4) is 0 Å². The van der Waals surface area contributed by atoms with E-state index in [9.17, 15) is 4.79 Å². The third-order valence-electron chi connectivity index (χ3n) is 3.74. The number of rotatable bonds is 9. The molecule has 1 aromatic rings. The number of hydrogen-bond acceptors (Lipinski definition) is 4. The first-order chi connectivity index (χ1) is 10.0. The zero-order valence-corrected chi connectivity index (χ0v) is 13.5. The lowest BCUT2D eigenvalue weighted by molar-refractivity contribution is -0.149. The first-order valence-electron chi connectivity index (χ1n) is 7.44. The third kappa shape index (κ3) is 5.86. The molecule has 0 saturated heterocycles. The Labute approximate surface area is 127 Å². The van der Waals surface area contributed by atoms with Crippen LogP contribution in [-0.4, -0.2) is 38.4 Å². The van der Waals surface area contributed by atoms with Gasteiger partial charge in [-0.1, -0.05) is 30.3 Å². The lowest BCUT2D eigenvalue weighted by atomic mass is 9.95. The van der Waals surface area contributed by atoms with Gasteiger partial charge in [0.15, 0.2) is 0 Å². The fraction of sp³-hybridized carbons (Fsp3) is 0.588. The Bertz CT molecular complexity index is 421. The highest BCUT2D eigenvalue weighted by Gasteiger charge is 2.34. The molecule has 0 aliphatic rings. The van der Waals surface area contributed by atoms with Crippen molar-refractivity contribution < 1.29 is 14.3 Å². The second-order valence-electron chi connectivity index (χ2n) is 5.55. The summed E-state index contributed by atoms with van der Waals surface area (Å²) >= 11 is 0. The molecule has 0 heterocycles. The van der Waals surface area contributed by atoms with E-state index in [0.717, 1.165) is 12.8 Å². The first-order valence-corrected chi connectivity index (χ1v) is 7.44. The van der Waals surface area contributed by atoms with E-state index in [0.29, 0.717) is 13.0 Å². The van der Waals surface area contributed by atoms with Gasteiger partial charge in [0.25, 0.3) is 0 Å². The Morgan fingerprint density at radius 1 is 1.33 bits per heavy atom. The van der Waals surface area contributed by atoms with Crippen LogP contribution < -0.4 is 5.32 Å². The number of methoxy groups -OCH3 is 1. The van der Waals surface area contributed by atoms with E-state index in [-0.39, 0.29) is 12.1 Å². The summed E-state index contributed by atoms with van der Waals surface area (Å²) in [6.07, 6.45) is 2.57. The second kappa shape index (κ2) is 8.80. The van der Waals surface area contributed by atoms with Crippen LogP contribution in [0, 0.1) is 0 Å². The highest BCUT2D eigenvalue weighted by molar-refractivity contribution is 5.80. The fourth-order valence-corrected chi connectivity index (χ4v) is 2.35. The molecule has 0 radical (unpaired) electrons. The lowest BCUT2D eigenvalue weighted by Crippen LogP contribution is -2.50. The monoisotopic (exact) mass is 293 g/mol. The van der Waals surface area contributed by atoms with Crippen molar-refractivity contribution in [3.05, 3.63) is 35.9 Å². The molecule has 2 unspecified atom stereocenters. The zero-order valence-electron chi connectivity index (χ0n) is 13.5. The largest absolute Gasteiger partial charge is 0.468 e. The van der Waals surface area contributed by atoms with Gasteiger partial charge in [0.1, 0.15) is 5.54 Å². The van der Waals surface area contributed by atoms with Crippen LogP contribution in [0.1, 0.15) is 32.3 Å². The first kappa shape index (κ1) is 17.7. The number of nitrogens with one attached hydrogen (secondary N) is 1. The van der Waals surface area contributed by atoms with Crippen LogP contribution in [0.4, 0.5) is 0 Å². The maximum Gasteiger partial charge on any atom is 0.325 e. The van der Waals surface area contributed by atoms with Gasteiger partial charge in [-0.25, -0.2) is 0 Å². The Kier molecular flexibility index (Phi) is 7.40. The number of carbonyl (C=O) groups excluding carboxylic acids is 1. The molecule has 2 atom stereocenters. The van der Waals surface area contributed by atoms with Crippen LogP contribution in [-0.2, 0) is 20.7 Å². The molecule has 4 heteroatoms. The van der Waals surface area contributed by atoms with Gasteiger partial charge in [-0.05, 0) is 39.3 Å². The van der Waals surface area contributed by atoms with Gasteiger partial charge in [-0.15, -0.1) is 0 Å². The van der Waals surface area contributed by atoms with Crippen LogP contribution >= 0.6 is 0 Å². The molecular weight excluding hydrogens is 266 g/mol. The minimum Gasteiger partial charge on any atom is -0.468 e. The molecule has 0 spiro atoms. The SMILES string of the molecule is CNC(C)(CC(C)OCCCc1ccccc1)C(=O)OC. The summed E-state index contributed by atoms with van der Waals surface area (Å²) < 4.78 is 10.6. The second-order valence-corrected chi connectivity index (χ2v) is 5.55. The average Bonchev–Trinajstić information content (AvgIpc) is 2.51. The fourth-order valence-electron chi connectivity index (χ4n) is 2.35. The van der Waals surface area contributed by atoms with Crippen molar-refractivity contribution in [2.45, 2.75) is 44.8 Å². The molecule has 0 aliphatic heterocycles. The van der Waals surface area contributed by atoms with E-state index >= 15 is 0 Å². The third-order valence-corrected chi connectivity index (χ3v) is 3.74. The van der Waals surface area contributed by atoms with Crippen molar-refractivity contribution in [1.82, 2.24) is 5.32 Å².